The summed E-state index contributed by atoms with van der Waals surface area (Å²) in [5.74, 6) is 0.324. The number of carbonyl (C=O) groups excluding carboxylic acids is 1. The Morgan fingerprint density at radius 1 is 0.853 bits per heavy atom. The van der Waals surface area contributed by atoms with Crippen LogP contribution in [0.5, 0.6) is 5.75 Å². The molecule has 0 radical (unpaired) electrons. The molecule has 0 aromatic heterocycles. The molecular formula is C27H26N2O4S. The Labute approximate surface area is 199 Å². The quantitative estimate of drug-likeness (QED) is 0.362. The van der Waals surface area contributed by atoms with Crippen molar-refractivity contribution in [3.8, 4) is 5.75 Å². The fraction of sp³-hybridized carbons (Fsp3) is 0.148. The van der Waals surface area contributed by atoms with Gasteiger partial charge in [-0.05, 0) is 42.1 Å². The molecule has 4 rings (SSSR count). The zero-order chi connectivity index (χ0) is 24.0. The SMILES string of the molecule is Cc1ccccc1N(CC(=O)NCCOc1cccc2ccccc12)S(=O)(=O)c1ccccc1. The molecule has 4 aromatic carbocycles. The minimum Gasteiger partial charge on any atom is -0.491 e. The van der Waals surface area contributed by atoms with E-state index in [1.54, 1.807) is 30.3 Å². The van der Waals surface area contributed by atoms with E-state index in [1.165, 1.54) is 12.1 Å². The van der Waals surface area contributed by atoms with Crippen molar-refractivity contribution in [2.75, 3.05) is 24.0 Å². The summed E-state index contributed by atoms with van der Waals surface area (Å²) in [5.41, 5.74) is 1.22. The van der Waals surface area contributed by atoms with Crippen LogP contribution < -0.4 is 14.4 Å². The number of anilines is 1. The molecule has 0 heterocycles. The predicted octanol–water partition coefficient (Wildman–Crippen LogP) is 4.54. The molecule has 0 saturated carbocycles. The topological polar surface area (TPSA) is 75.7 Å². The Bertz CT molecular complexity index is 1380. The summed E-state index contributed by atoms with van der Waals surface area (Å²) in [6.45, 7) is 1.99. The van der Waals surface area contributed by atoms with Gasteiger partial charge in [-0.1, -0.05) is 72.8 Å². The van der Waals surface area contributed by atoms with Crippen molar-refractivity contribution in [1.29, 1.82) is 0 Å². The van der Waals surface area contributed by atoms with Crippen molar-refractivity contribution in [2.24, 2.45) is 0 Å². The van der Waals surface area contributed by atoms with E-state index >= 15 is 0 Å². The van der Waals surface area contributed by atoms with Crippen molar-refractivity contribution in [3.05, 3.63) is 103 Å². The summed E-state index contributed by atoms with van der Waals surface area (Å²) in [6, 6.07) is 29.0. The van der Waals surface area contributed by atoms with Crippen molar-refractivity contribution in [1.82, 2.24) is 5.32 Å². The number of carbonyl (C=O) groups is 1. The average molecular weight is 475 g/mol. The van der Waals surface area contributed by atoms with Crippen LogP contribution in [-0.4, -0.2) is 34.0 Å². The van der Waals surface area contributed by atoms with Gasteiger partial charge >= 0.3 is 0 Å². The van der Waals surface area contributed by atoms with Crippen LogP contribution >= 0.6 is 0 Å². The van der Waals surface area contributed by atoms with E-state index in [0.717, 1.165) is 26.4 Å². The molecule has 0 aliphatic heterocycles. The molecule has 0 bridgehead atoms. The lowest BCUT2D eigenvalue weighted by molar-refractivity contribution is -0.119. The number of ether oxygens (including phenoxy) is 1. The Hall–Kier alpha value is -3.84. The van der Waals surface area contributed by atoms with Crippen LogP contribution in [-0.2, 0) is 14.8 Å². The molecule has 0 atom stereocenters. The zero-order valence-corrected chi connectivity index (χ0v) is 19.7. The second-order valence-electron chi connectivity index (χ2n) is 7.79. The number of rotatable bonds is 9. The second kappa shape index (κ2) is 10.4. The molecule has 0 aliphatic carbocycles. The number of hydrogen-bond donors (Lipinski definition) is 1. The van der Waals surface area contributed by atoms with Gasteiger partial charge in [-0.15, -0.1) is 0 Å². The third-order valence-corrected chi connectivity index (χ3v) is 7.21. The Balaban J connectivity index is 1.44. The van der Waals surface area contributed by atoms with E-state index < -0.39 is 15.9 Å². The predicted molar refractivity (Wildman–Crippen MR) is 135 cm³/mol. The molecule has 34 heavy (non-hydrogen) atoms. The molecule has 174 valence electrons. The molecule has 7 heteroatoms. The average Bonchev–Trinajstić information content (AvgIpc) is 2.86. The van der Waals surface area contributed by atoms with Crippen LogP contribution in [0.2, 0.25) is 0 Å². The standard InChI is InChI=1S/C27H26N2O4S/c1-21-10-5-8-16-25(21)29(34(31,32)23-13-3-2-4-14-23)20-27(30)28-18-19-33-26-17-9-12-22-11-6-7-15-24(22)26/h2-17H,18-20H2,1H3,(H,28,30). The lowest BCUT2D eigenvalue weighted by atomic mass is 10.1. The Morgan fingerprint density at radius 2 is 1.53 bits per heavy atom. The van der Waals surface area contributed by atoms with Gasteiger partial charge in [0.1, 0.15) is 18.9 Å². The van der Waals surface area contributed by atoms with E-state index in [9.17, 15) is 13.2 Å². The third-order valence-electron chi connectivity index (χ3n) is 5.43. The molecule has 0 fully saturated rings. The number of hydrogen-bond acceptors (Lipinski definition) is 4. The maximum absolute atomic E-state index is 13.4. The fourth-order valence-corrected chi connectivity index (χ4v) is 5.23. The van der Waals surface area contributed by atoms with Gasteiger partial charge in [-0.3, -0.25) is 9.10 Å². The summed E-state index contributed by atoms with van der Waals surface area (Å²) in [4.78, 5) is 12.9. The van der Waals surface area contributed by atoms with Crippen LogP contribution in [0.1, 0.15) is 5.56 Å². The van der Waals surface area contributed by atoms with Gasteiger partial charge in [0.2, 0.25) is 5.91 Å². The van der Waals surface area contributed by atoms with Gasteiger partial charge in [0.25, 0.3) is 10.0 Å². The van der Waals surface area contributed by atoms with Crippen LogP contribution in [0.4, 0.5) is 5.69 Å². The minimum atomic E-state index is -3.93. The lowest BCUT2D eigenvalue weighted by Crippen LogP contribution is -2.42. The molecule has 1 amide bonds. The monoisotopic (exact) mass is 474 g/mol. The summed E-state index contributed by atoms with van der Waals surface area (Å²) < 4.78 is 33.8. The number of para-hydroxylation sites is 1. The number of nitrogens with zero attached hydrogens (tertiary/aromatic N) is 1. The summed E-state index contributed by atoms with van der Waals surface area (Å²) in [7, 11) is -3.93. The van der Waals surface area contributed by atoms with Crippen molar-refractivity contribution >= 4 is 32.4 Å². The highest BCUT2D eigenvalue weighted by Crippen LogP contribution is 2.27. The number of nitrogens with one attached hydrogen (secondary N) is 1. The molecule has 1 N–H and O–H groups in total. The highest BCUT2D eigenvalue weighted by Gasteiger charge is 2.27. The van der Waals surface area contributed by atoms with E-state index in [1.807, 2.05) is 61.5 Å². The first-order chi connectivity index (χ1) is 16.5. The van der Waals surface area contributed by atoms with Crippen LogP contribution in [0, 0.1) is 6.92 Å². The summed E-state index contributed by atoms with van der Waals surface area (Å²) in [5, 5.41) is 4.84. The molecule has 0 spiro atoms. The van der Waals surface area contributed by atoms with Gasteiger partial charge in [0.15, 0.2) is 0 Å². The maximum Gasteiger partial charge on any atom is 0.264 e. The fourth-order valence-electron chi connectivity index (χ4n) is 3.72. The van der Waals surface area contributed by atoms with E-state index in [-0.39, 0.29) is 24.6 Å². The first kappa shape index (κ1) is 23.3. The molecule has 0 saturated heterocycles. The summed E-state index contributed by atoms with van der Waals surface area (Å²) >= 11 is 0. The molecule has 4 aromatic rings. The number of fused-ring (bicyclic) bond motifs is 1. The third kappa shape index (κ3) is 5.21. The Morgan fingerprint density at radius 3 is 2.32 bits per heavy atom. The van der Waals surface area contributed by atoms with Crippen molar-refractivity contribution < 1.29 is 17.9 Å². The number of amides is 1. The van der Waals surface area contributed by atoms with E-state index in [4.69, 9.17) is 4.74 Å². The van der Waals surface area contributed by atoms with Crippen LogP contribution in [0.25, 0.3) is 10.8 Å². The van der Waals surface area contributed by atoms with Crippen molar-refractivity contribution in [2.45, 2.75) is 11.8 Å². The van der Waals surface area contributed by atoms with Crippen LogP contribution in [0.3, 0.4) is 0 Å². The molecule has 6 nitrogen and oxygen atoms in total. The molecule has 0 unspecified atom stereocenters. The first-order valence-electron chi connectivity index (χ1n) is 11.0. The highest BCUT2D eigenvalue weighted by atomic mass is 32.2. The van der Waals surface area contributed by atoms with E-state index in [0.29, 0.717) is 5.69 Å². The molecular weight excluding hydrogens is 448 g/mol. The van der Waals surface area contributed by atoms with Crippen LogP contribution in [0.15, 0.2) is 102 Å². The van der Waals surface area contributed by atoms with Gasteiger partial charge in [0.05, 0.1) is 17.1 Å². The van der Waals surface area contributed by atoms with Gasteiger partial charge in [0, 0.05) is 5.39 Å². The number of benzene rings is 4. The van der Waals surface area contributed by atoms with E-state index in [2.05, 4.69) is 5.32 Å². The zero-order valence-electron chi connectivity index (χ0n) is 18.8. The minimum absolute atomic E-state index is 0.130. The molecule has 0 aliphatic rings. The Kier molecular flexibility index (Phi) is 7.13. The summed E-state index contributed by atoms with van der Waals surface area (Å²) in [6.07, 6.45) is 0. The highest BCUT2D eigenvalue weighted by molar-refractivity contribution is 7.92. The largest absolute Gasteiger partial charge is 0.491 e. The first-order valence-corrected chi connectivity index (χ1v) is 12.4. The van der Waals surface area contributed by atoms with Crippen molar-refractivity contribution in [3.63, 3.8) is 0 Å². The van der Waals surface area contributed by atoms with Gasteiger partial charge < -0.3 is 10.1 Å². The lowest BCUT2D eigenvalue weighted by Gasteiger charge is -2.25. The van der Waals surface area contributed by atoms with Gasteiger partial charge in [-0.25, -0.2) is 8.42 Å². The smallest absolute Gasteiger partial charge is 0.264 e. The second-order valence-corrected chi connectivity index (χ2v) is 9.65. The maximum atomic E-state index is 13.4. The van der Waals surface area contributed by atoms with Gasteiger partial charge in [-0.2, -0.15) is 0 Å². The number of sulfonamides is 1. The normalized spacial score (nSPS) is 11.2. The number of aryl methyl sites for hydroxylation is 1.